The maximum absolute atomic E-state index is 8.85. The van der Waals surface area contributed by atoms with Crippen molar-refractivity contribution >= 4 is 0 Å². The number of rotatable bonds is 3. The lowest BCUT2D eigenvalue weighted by Gasteiger charge is -2.25. The Morgan fingerprint density at radius 2 is 2.05 bits per heavy atom. The van der Waals surface area contributed by atoms with Gasteiger partial charge in [0.25, 0.3) is 0 Å². The molecule has 0 radical (unpaired) electrons. The third-order valence-corrected chi connectivity index (χ3v) is 4.16. The van der Waals surface area contributed by atoms with E-state index < -0.39 is 0 Å². The number of hydrogen-bond donors (Lipinski definition) is 0. The number of nitriles is 1. The Balaban J connectivity index is 1.76. The molecule has 20 heavy (non-hydrogen) atoms. The van der Waals surface area contributed by atoms with Crippen molar-refractivity contribution in [2.45, 2.75) is 25.4 Å². The highest BCUT2D eigenvalue weighted by molar-refractivity contribution is 5.31. The Morgan fingerprint density at radius 1 is 1.25 bits per heavy atom. The minimum atomic E-state index is 0.519. The van der Waals surface area contributed by atoms with Crippen LogP contribution in [0.4, 0.5) is 0 Å². The summed E-state index contributed by atoms with van der Waals surface area (Å²) in [6.07, 6.45) is 4.60. The first-order chi connectivity index (χ1) is 9.78. The molecule has 1 fully saturated rings. The second-order valence-corrected chi connectivity index (χ2v) is 5.48. The molecule has 0 amide bonds. The summed E-state index contributed by atoms with van der Waals surface area (Å²) >= 11 is 0. The Hall–Kier alpha value is -2.05. The lowest BCUT2D eigenvalue weighted by molar-refractivity contribution is 0.241. The van der Waals surface area contributed by atoms with E-state index in [1.165, 1.54) is 24.1 Å². The van der Waals surface area contributed by atoms with Crippen LogP contribution in [0.1, 0.15) is 35.7 Å². The van der Waals surface area contributed by atoms with Gasteiger partial charge in [-0.2, -0.15) is 5.26 Å². The molecule has 2 heterocycles. The normalized spacial score (nSPS) is 19.1. The van der Waals surface area contributed by atoms with E-state index in [0.29, 0.717) is 6.04 Å². The molecule has 1 saturated heterocycles. The van der Waals surface area contributed by atoms with Gasteiger partial charge in [0.15, 0.2) is 0 Å². The van der Waals surface area contributed by atoms with Gasteiger partial charge < -0.3 is 4.57 Å². The fourth-order valence-corrected chi connectivity index (χ4v) is 3.09. The Labute approximate surface area is 120 Å². The quantitative estimate of drug-likeness (QED) is 0.853. The predicted octanol–water partition coefficient (Wildman–Crippen LogP) is 3.23. The first kappa shape index (κ1) is 13.0. The van der Waals surface area contributed by atoms with E-state index >= 15 is 0 Å². The second kappa shape index (κ2) is 5.52. The molecule has 0 spiro atoms. The minimum absolute atomic E-state index is 0.519. The van der Waals surface area contributed by atoms with Gasteiger partial charge in [0.2, 0.25) is 0 Å². The highest BCUT2D eigenvalue weighted by atomic mass is 15.2. The third kappa shape index (κ3) is 2.48. The number of hydrogen-bond acceptors (Lipinski definition) is 2. The van der Waals surface area contributed by atoms with Gasteiger partial charge in [-0.3, -0.25) is 4.90 Å². The fourth-order valence-electron chi connectivity index (χ4n) is 3.09. The van der Waals surface area contributed by atoms with Crippen LogP contribution >= 0.6 is 0 Å². The Bertz CT molecular complexity index is 618. The maximum atomic E-state index is 8.85. The van der Waals surface area contributed by atoms with Crippen LogP contribution in [0.3, 0.4) is 0 Å². The van der Waals surface area contributed by atoms with Crippen molar-refractivity contribution in [3.05, 3.63) is 59.4 Å². The molecular weight excluding hydrogens is 246 g/mol. The molecule has 1 aromatic heterocycles. The monoisotopic (exact) mass is 265 g/mol. The predicted molar refractivity (Wildman–Crippen MR) is 79.0 cm³/mol. The van der Waals surface area contributed by atoms with E-state index in [-0.39, 0.29) is 0 Å². The lowest BCUT2D eigenvalue weighted by Crippen LogP contribution is -2.24. The number of likely N-dealkylation sites (tertiary alicyclic amines) is 1. The molecule has 1 atom stereocenters. The highest BCUT2D eigenvalue weighted by Crippen LogP contribution is 2.33. The smallest absolute Gasteiger partial charge is 0.0991 e. The van der Waals surface area contributed by atoms with Gasteiger partial charge >= 0.3 is 0 Å². The van der Waals surface area contributed by atoms with Gasteiger partial charge in [-0.1, -0.05) is 12.1 Å². The zero-order valence-corrected chi connectivity index (χ0v) is 11.8. The zero-order chi connectivity index (χ0) is 13.9. The van der Waals surface area contributed by atoms with E-state index in [1.807, 2.05) is 12.1 Å². The average Bonchev–Trinajstić information content (AvgIpc) is 3.08. The summed E-state index contributed by atoms with van der Waals surface area (Å²) < 4.78 is 2.22. The molecule has 1 aliphatic heterocycles. The summed E-state index contributed by atoms with van der Waals surface area (Å²) in [5, 5.41) is 8.85. The molecular formula is C17H19N3. The van der Waals surface area contributed by atoms with Gasteiger partial charge in [-0.25, -0.2) is 0 Å². The standard InChI is InChI=1S/C17H19N3/c1-19-10-2-4-16(19)17-5-3-11-20(17)13-15-8-6-14(12-18)7-9-15/h2,4,6-10,17H,3,5,11,13H2,1H3/t17-/m1/s1. The first-order valence-electron chi connectivity index (χ1n) is 7.12. The minimum Gasteiger partial charge on any atom is -0.353 e. The average molecular weight is 265 g/mol. The van der Waals surface area contributed by atoms with Crippen LogP contribution in [-0.4, -0.2) is 16.0 Å². The molecule has 1 aliphatic rings. The van der Waals surface area contributed by atoms with Gasteiger partial charge in [-0.15, -0.1) is 0 Å². The summed E-state index contributed by atoms with van der Waals surface area (Å²) in [6.45, 7) is 2.11. The van der Waals surface area contributed by atoms with Crippen LogP contribution in [0, 0.1) is 11.3 Å². The molecule has 0 bridgehead atoms. The van der Waals surface area contributed by atoms with Gasteiger partial charge in [-0.05, 0) is 49.2 Å². The van der Waals surface area contributed by atoms with Crippen LogP contribution in [0.25, 0.3) is 0 Å². The van der Waals surface area contributed by atoms with Gasteiger partial charge in [0.05, 0.1) is 17.7 Å². The zero-order valence-electron chi connectivity index (χ0n) is 11.8. The lowest BCUT2D eigenvalue weighted by atomic mass is 10.1. The molecule has 3 nitrogen and oxygen atoms in total. The van der Waals surface area contributed by atoms with E-state index in [9.17, 15) is 0 Å². The molecule has 0 N–H and O–H groups in total. The number of aromatic nitrogens is 1. The van der Waals surface area contributed by atoms with Gasteiger partial charge in [0, 0.05) is 25.5 Å². The number of aryl methyl sites for hydroxylation is 1. The first-order valence-corrected chi connectivity index (χ1v) is 7.12. The van der Waals surface area contributed by atoms with E-state index in [0.717, 1.165) is 18.7 Å². The van der Waals surface area contributed by atoms with E-state index in [4.69, 9.17) is 5.26 Å². The van der Waals surface area contributed by atoms with Crippen molar-refractivity contribution in [3.8, 4) is 6.07 Å². The summed E-state index contributed by atoms with van der Waals surface area (Å²) in [5.74, 6) is 0. The molecule has 1 aromatic carbocycles. The molecule has 102 valence electrons. The van der Waals surface area contributed by atoms with Crippen LogP contribution in [-0.2, 0) is 13.6 Å². The topological polar surface area (TPSA) is 32.0 Å². The Morgan fingerprint density at radius 3 is 2.70 bits per heavy atom. The van der Waals surface area contributed by atoms with Crippen molar-refractivity contribution in [2.75, 3.05) is 6.54 Å². The van der Waals surface area contributed by atoms with E-state index in [2.05, 4.69) is 53.0 Å². The van der Waals surface area contributed by atoms with Crippen LogP contribution in [0.15, 0.2) is 42.6 Å². The molecule has 0 saturated carbocycles. The SMILES string of the molecule is Cn1cccc1[C@H]1CCCN1Cc1ccc(C#N)cc1. The molecule has 2 aromatic rings. The highest BCUT2D eigenvalue weighted by Gasteiger charge is 2.27. The number of nitrogens with zero attached hydrogens (tertiary/aromatic N) is 3. The van der Waals surface area contributed by atoms with Crippen molar-refractivity contribution < 1.29 is 0 Å². The van der Waals surface area contributed by atoms with Crippen molar-refractivity contribution in [1.82, 2.24) is 9.47 Å². The summed E-state index contributed by atoms with van der Waals surface area (Å²) in [5.41, 5.74) is 3.41. The largest absolute Gasteiger partial charge is 0.353 e. The van der Waals surface area contributed by atoms with Crippen LogP contribution < -0.4 is 0 Å². The van der Waals surface area contributed by atoms with Gasteiger partial charge in [0.1, 0.15) is 0 Å². The number of benzene rings is 1. The van der Waals surface area contributed by atoms with E-state index in [1.54, 1.807) is 0 Å². The molecule has 0 unspecified atom stereocenters. The summed E-state index contributed by atoms with van der Waals surface area (Å²) in [6, 6.07) is 15.0. The molecule has 3 heteroatoms. The van der Waals surface area contributed by atoms with Crippen molar-refractivity contribution in [1.29, 1.82) is 5.26 Å². The second-order valence-electron chi connectivity index (χ2n) is 5.48. The van der Waals surface area contributed by atoms with Crippen molar-refractivity contribution in [3.63, 3.8) is 0 Å². The molecule has 3 rings (SSSR count). The molecule has 0 aliphatic carbocycles. The van der Waals surface area contributed by atoms with Crippen LogP contribution in [0.5, 0.6) is 0 Å². The van der Waals surface area contributed by atoms with Crippen molar-refractivity contribution in [2.24, 2.45) is 7.05 Å². The maximum Gasteiger partial charge on any atom is 0.0991 e. The third-order valence-electron chi connectivity index (χ3n) is 4.16. The fraction of sp³-hybridized carbons (Fsp3) is 0.353. The summed E-state index contributed by atoms with van der Waals surface area (Å²) in [7, 11) is 2.12. The Kier molecular flexibility index (Phi) is 3.58. The van der Waals surface area contributed by atoms with Crippen LogP contribution in [0.2, 0.25) is 0 Å². The summed E-state index contributed by atoms with van der Waals surface area (Å²) in [4.78, 5) is 2.54.